The minimum absolute atomic E-state index is 0.0687. The number of benzene rings is 1. The number of hydrogen-bond donors (Lipinski definition) is 3. The van der Waals surface area contributed by atoms with Crippen molar-refractivity contribution >= 4 is 11.9 Å². The number of rotatable bonds is 6. The first-order chi connectivity index (χ1) is 12.8. The zero-order chi connectivity index (χ0) is 19.9. The van der Waals surface area contributed by atoms with Crippen molar-refractivity contribution in [2.75, 3.05) is 33.2 Å². The Morgan fingerprint density at radius 1 is 1.30 bits per heavy atom. The fourth-order valence-corrected chi connectivity index (χ4v) is 2.94. The first-order valence-corrected chi connectivity index (χ1v) is 8.95. The Hall–Kier alpha value is -2.29. The third-order valence-electron chi connectivity index (χ3n) is 4.22. The van der Waals surface area contributed by atoms with Crippen LogP contribution in [0, 0.1) is 0 Å². The molecule has 0 saturated carbocycles. The Bertz CT molecular complexity index is 645. The second kappa shape index (κ2) is 9.59. The minimum Gasteiger partial charge on any atom is -0.357 e. The highest BCUT2D eigenvalue weighted by atomic mass is 19.4. The Morgan fingerprint density at radius 2 is 2.00 bits per heavy atom. The van der Waals surface area contributed by atoms with Gasteiger partial charge in [-0.2, -0.15) is 13.2 Å². The molecule has 0 aliphatic carbocycles. The van der Waals surface area contributed by atoms with Crippen molar-refractivity contribution in [2.24, 2.45) is 4.99 Å². The van der Waals surface area contributed by atoms with Gasteiger partial charge in [0.2, 0.25) is 0 Å². The number of hydrogen-bond acceptors (Lipinski definition) is 3. The van der Waals surface area contributed by atoms with Crippen molar-refractivity contribution in [3.05, 3.63) is 35.4 Å². The van der Waals surface area contributed by atoms with Crippen molar-refractivity contribution in [1.82, 2.24) is 20.9 Å². The summed E-state index contributed by atoms with van der Waals surface area (Å²) >= 11 is 0. The Labute approximate surface area is 157 Å². The van der Waals surface area contributed by atoms with Crippen molar-refractivity contribution in [1.29, 1.82) is 0 Å². The molecule has 1 aromatic rings. The molecule has 1 unspecified atom stereocenters. The first-order valence-electron chi connectivity index (χ1n) is 8.95. The molecule has 0 spiro atoms. The van der Waals surface area contributed by atoms with E-state index in [1.807, 2.05) is 19.1 Å². The normalized spacial score (nSPS) is 18.4. The second-order valence-corrected chi connectivity index (χ2v) is 6.45. The smallest absolute Gasteiger partial charge is 0.357 e. The van der Waals surface area contributed by atoms with Crippen molar-refractivity contribution in [3.63, 3.8) is 0 Å². The van der Waals surface area contributed by atoms with Crippen LogP contribution in [0.15, 0.2) is 29.3 Å². The molecule has 1 fully saturated rings. The van der Waals surface area contributed by atoms with E-state index >= 15 is 0 Å². The van der Waals surface area contributed by atoms with Gasteiger partial charge in [-0.15, -0.1) is 0 Å². The van der Waals surface area contributed by atoms with Crippen LogP contribution in [0.3, 0.4) is 0 Å². The summed E-state index contributed by atoms with van der Waals surface area (Å²) in [4.78, 5) is 17.4. The quantitative estimate of drug-likeness (QED) is 0.515. The van der Waals surface area contributed by atoms with Gasteiger partial charge in [0.05, 0.1) is 13.1 Å². The molecule has 0 aromatic heterocycles. The Morgan fingerprint density at radius 3 is 2.59 bits per heavy atom. The van der Waals surface area contributed by atoms with Gasteiger partial charge in [0.25, 0.3) is 5.91 Å². The number of guanidine groups is 1. The van der Waals surface area contributed by atoms with E-state index in [9.17, 15) is 18.0 Å². The van der Waals surface area contributed by atoms with E-state index in [0.29, 0.717) is 44.1 Å². The zero-order valence-electron chi connectivity index (χ0n) is 15.6. The third kappa shape index (κ3) is 7.09. The lowest BCUT2D eigenvalue weighted by Crippen LogP contribution is -2.45. The number of carbonyl (C=O) groups excluding carboxylic acids is 1. The third-order valence-corrected chi connectivity index (χ3v) is 4.22. The molecule has 1 atom stereocenters. The molecule has 1 aliphatic heterocycles. The summed E-state index contributed by atoms with van der Waals surface area (Å²) in [5, 5.41) is 8.89. The van der Waals surface area contributed by atoms with Gasteiger partial charge in [-0.1, -0.05) is 12.1 Å². The summed E-state index contributed by atoms with van der Waals surface area (Å²) in [6.45, 7) is 2.86. The minimum atomic E-state index is -4.17. The fourth-order valence-electron chi connectivity index (χ4n) is 2.94. The van der Waals surface area contributed by atoms with Crippen LogP contribution in [-0.2, 0) is 6.54 Å². The zero-order valence-corrected chi connectivity index (χ0v) is 15.6. The van der Waals surface area contributed by atoms with Crippen molar-refractivity contribution < 1.29 is 18.0 Å². The summed E-state index contributed by atoms with van der Waals surface area (Å²) < 4.78 is 37.5. The molecule has 1 aliphatic rings. The Balaban J connectivity index is 1.91. The van der Waals surface area contributed by atoms with E-state index in [0.717, 1.165) is 5.56 Å². The number of aliphatic imine (C=N–C) groups is 1. The van der Waals surface area contributed by atoms with Gasteiger partial charge in [-0.25, -0.2) is 4.99 Å². The van der Waals surface area contributed by atoms with Crippen LogP contribution in [0.4, 0.5) is 13.2 Å². The highest BCUT2D eigenvalue weighted by Gasteiger charge is 2.34. The standard InChI is InChI=1S/C18H26F3N5O/c1-3-23-17(25-15-8-9-26(11-15)12-18(19,20)21)24-10-13-4-6-14(7-5-13)16(27)22-2/h4-7,15H,3,8-12H2,1-2H3,(H,22,27)(H2,23,24,25). The van der Waals surface area contributed by atoms with Gasteiger partial charge in [-0.3, -0.25) is 9.69 Å². The predicted molar refractivity (Wildman–Crippen MR) is 98.7 cm³/mol. The first kappa shape index (κ1) is 21.0. The van der Waals surface area contributed by atoms with Gasteiger partial charge in [-0.05, 0) is 31.0 Å². The van der Waals surface area contributed by atoms with E-state index in [4.69, 9.17) is 0 Å². The van der Waals surface area contributed by atoms with Gasteiger partial charge in [0.15, 0.2) is 5.96 Å². The molecule has 3 N–H and O–H groups in total. The van der Waals surface area contributed by atoms with Crippen LogP contribution in [0.5, 0.6) is 0 Å². The average Bonchev–Trinajstić information content (AvgIpc) is 3.04. The van der Waals surface area contributed by atoms with Crippen LogP contribution in [-0.4, -0.2) is 62.2 Å². The van der Waals surface area contributed by atoms with E-state index in [2.05, 4.69) is 20.9 Å². The molecular weight excluding hydrogens is 359 g/mol. The lowest BCUT2D eigenvalue weighted by Gasteiger charge is -2.19. The van der Waals surface area contributed by atoms with E-state index in [1.165, 1.54) is 4.90 Å². The molecule has 6 nitrogen and oxygen atoms in total. The highest BCUT2D eigenvalue weighted by Crippen LogP contribution is 2.19. The number of nitrogens with zero attached hydrogens (tertiary/aromatic N) is 2. The summed E-state index contributed by atoms with van der Waals surface area (Å²) in [6, 6.07) is 7.06. The molecule has 2 rings (SSSR count). The maximum absolute atomic E-state index is 12.5. The molecule has 1 aromatic carbocycles. The highest BCUT2D eigenvalue weighted by molar-refractivity contribution is 5.93. The van der Waals surface area contributed by atoms with Gasteiger partial charge >= 0.3 is 6.18 Å². The van der Waals surface area contributed by atoms with E-state index in [-0.39, 0.29) is 11.9 Å². The van der Waals surface area contributed by atoms with Gasteiger partial charge in [0, 0.05) is 38.3 Å². The SMILES string of the molecule is CCNC(=NCc1ccc(C(=O)NC)cc1)NC1CCN(CC(F)(F)F)C1. The molecule has 1 heterocycles. The molecular formula is C18H26F3N5O. The molecule has 0 radical (unpaired) electrons. The number of likely N-dealkylation sites (tertiary alicyclic amines) is 1. The second-order valence-electron chi connectivity index (χ2n) is 6.45. The number of amides is 1. The van der Waals surface area contributed by atoms with Crippen LogP contribution < -0.4 is 16.0 Å². The number of nitrogens with one attached hydrogen (secondary N) is 3. The van der Waals surface area contributed by atoms with Crippen LogP contribution >= 0.6 is 0 Å². The lowest BCUT2D eigenvalue weighted by atomic mass is 10.1. The fraction of sp³-hybridized carbons (Fsp3) is 0.556. The monoisotopic (exact) mass is 385 g/mol. The number of carbonyl (C=O) groups is 1. The van der Waals surface area contributed by atoms with Crippen LogP contribution in [0.25, 0.3) is 0 Å². The van der Waals surface area contributed by atoms with Crippen molar-refractivity contribution in [2.45, 2.75) is 32.1 Å². The molecule has 150 valence electrons. The van der Waals surface area contributed by atoms with Gasteiger partial charge in [0.1, 0.15) is 0 Å². The Kier molecular flexibility index (Phi) is 7.46. The lowest BCUT2D eigenvalue weighted by molar-refractivity contribution is -0.143. The van der Waals surface area contributed by atoms with Crippen molar-refractivity contribution in [3.8, 4) is 0 Å². The maximum Gasteiger partial charge on any atom is 0.401 e. The molecule has 9 heteroatoms. The van der Waals surface area contributed by atoms with Crippen LogP contribution in [0.1, 0.15) is 29.3 Å². The van der Waals surface area contributed by atoms with E-state index in [1.54, 1.807) is 19.2 Å². The summed E-state index contributed by atoms with van der Waals surface area (Å²) in [5.74, 6) is 0.427. The van der Waals surface area contributed by atoms with Crippen LogP contribution in [0.2, 0.25) is 0 Å². The largest absolute Gasteiger partial charge is 0.401 e. The van der Waals surface area contributed by atoms with Gasteiger partial charge < -0.3 is 16.0 Å². The molecule has 0 bridgehead atoms. The molecule has 27 heavy (non-hydrogen) atoms. The number of alkyl halides is 3. The average molecular weight is 385 g/mol. The molecule has 1 saturated heterocycles. The predicted octanol–water partition coefficient (Wildman–Crippen LogP) is 1.74. The molecule has 1 amide bonds. The maximum atomic E-state index is 12.5. The summed E-state index contributed by atoms with van der Waals surface area (Å²) in [7, 11) is 1.58. The number of halogens is 3. The van der Waals surface area contributed by atoms with E-state index < -0.39 is 12.7 Å². The topological polar surface area (TPSA) is 68.8 Å². The summed E-state index contributed by atoms with van der Waals surface area (Å²) in [6.07, 6.45) is -3.53. The summed E-state index contributed by atoms with van der Waals surface area (Å²) in [5.41, 5.74) is 1.51.